The van der Waals surface area contributed by atoms with E-state index in [1.807, 2.05) is 0 Å². The van der Waals surface area contributed by atoms with E-state index in [1.165, 1.54) is 5.57 Å². The Bertz CT molecular complexity index is 1180. The number of hydrogen-bond acceptors (Lipinski definition) is 5. The molecule has 242 valence electrons. The standard InChI is InChI=1S/C36H58N2O5/c1-31(2)26-12-15-36(7)29(34(26,5)14-13-27(31)40)25(39)21-23-24-22-33(4,17-16-32(24,3)18-19-35(23,36)6)30(42)37-20-10-8-9-11-28(41)38-43/h21,24,26-27,29,40,43H,8-20,22H2,1-7H3,(H,37,42)(H,38,41)/t24-,26-,27-,29+,32+,33-,34-,35+,36+/m0/s1. The molecule has 0 aliphatic heterocycles. The molecule has 0 aromatic carbocycles. The monoisotopic (exact) mass is 598 g/mol. The van der Waals surface area contributed by atoms with Gasteiger partial charge < -0.3 is 10.4 Å². The Morgan fingerprint density at radius 3 is 2.30 bits per heavy atom. The number of amides is 2. The van der Waals surface area contributed by atoms with Gasteiger partial charge in [0.15, 0.2) is 5.78 Å². The predicted octanol–water partition coefficient (Wildman–Crippen LogP) is 6.51. The van der Waals surface area contributed by atoms with Crippen LogP contribution in [0.25, 0.3) is 0 Å². The largest absolute Gasteiger partial charge is 0.393 e. The SMILES string of the molecule is CC1(C)[C@@H](O)CC[C@]2(C)[C@H]3C(=O)C=C4[C@@H]5C[C@@](C)(C(=O)NCCCCCC(=O)NO)CC[C@]5(C)CC[C@@]4(C)[C@]3(C)CC[C@@H]12. The lowest BCUT2D eigenvalue weighted by Crippen LogP contribution is -2.66. The van der Waals surface area contributed by atoms with E-state index in [0.717, 1.165) is 70.6 Å². The minimum Gasteiger partial charge on any atom is -0.393 e. The number of carbonyl (C=O) groups excluding carboxylic acids is 3. The molecule has 5 rings (SSSR count). The average molecular weight is 599 g/mol. The van der Waals surface area contributed by atoms with Crippen molar-refractivity contribution in [1.29, 1.82) is 0 Å². The van der Waals surface area contributed by atoms with Crippen LogP contribution in [0, 0.1) is 50.2 Å². The van der Waals surface area contributed by atoms with E-state index in [-0.39, 0.29) is 63.2 Å². The molecule has 0 aromatic heterocycles. The van der Waals surface area contributed by atoms with Crippen molar-refractivity contribution in [3.63, 3.8) is 0 Å². The summed E-state index contributed by atoms with van der Waals surface area (Å²) in [6.45, 7) is 16.8. The zero-order chi connectivity index (χ0) is 31.6. The van der Waals surface area contributed by atoms with Gasteiger partial charge in [0.1, 0.15) is 0 Å². The minimum atomic E-state index is -0.478. The van der Waals surface area contributed by atoms with Crippen LogP contribution in [0.4, 0.5) is 0 Å². The lowest BCUT2D eigenvalue weighted by molar-refractivity contribution is -0.202. The van der Waals surface area contributed by atoms with Crippen LogP contribution in [0.1, 0.15) is 132 Å². The maximum absolute atomic E-state index is 14.5. The highest BCUT2D eigenvalue weighted by molar-refractivity contribution is 5.95. The molecular weight excluding hydrogens is 540 g/mol. The van der Waals surface area contributed by atoms with Crippen molar-refractivity contribution >= 4 is 17.6 Å². The summed E-state index contributed by atoms with van der Waals surface area (Å²) >= 11 is 0. The van der Waals surface area contributed by atoms with Gasteiger partial charge in [-0.1, -0.05) is 60.5 Å². The Morgan fingerprint density at radius 1 is 0.907 bits per heavy atom. The van der Waals surface area contributed by atoms with E-state index in [9.17, 15) is 19.5 Å². The first-order chi connectivity index (χ1) is 20.0. The molecule has 4 saturated carbocycles. The Morgan fingerprint density at radius 2 is 1.60 bits per heavy atom. The molecule has 0 heterocycles. The van der Waals surface area contributed by atoms with Crippen LogP contribution < -0.4 is 10.8 Å². The molecule has 4 fully saturated rings. The fraction of sp³-hybridized carbons (Fsp3) is 0.861. The van der Waals surface area contributed by atoms with Crippen LogP contribution in [-0.4, -0.2) is 40.6 Å². The third-order valence-corrected chi connectivity index (χ3v) is 14.6. The molecule has 0 spiro atoms. The maximum Gasteiger partial charge on any atom is 0.243 e. The molecule has 0 unspecified atom stereocenters. The lowest BCUT2D eigenvalue weighted by Gasteiger charge is -2.70. The highest BCUT2D eigenvalue weighted by Gasteiger charge is 2.70. The Kier molecular flexibility index (Phi) is 8.32. The highest BCUT2D eigenvalue weighted by atomic mass is 16.5. The number of aliphatic hydroxyl groups excluding tert-OH is 1. The smallest absolute Gasteiger partial charge is 0.243 e. The second-order valence-electron chi connectivity index (χ2n) is 17.2. The van der Waals surface area contributed by atoms with Crippen molar-refractivity contribution in [3.8, 4) is 0 Å². The first-order valence-electron chi connectivity index (χ1n) is 17.1. The molecule has 0 aromatic rings. The molecule has 0 saturated heterocycles. The van der Waals surface area contributed by atoms with Gasteiger partial charge in [-0.05, 0) is 116 Å². The van der Waals surface area contributed by atoms with E-state index in [2.05, 4.69) is 59.9 Å². The van der Waals surface area contributed by atoms with Crippen LogP contribution >= 0.6 is 0 Å². The number of ketones is 1. The summed E-state index contributed by atoms with van der Waals surface area (Å²) < 4.78 is 0. The van der Waals surface area contributed by atoms with Gasteiger partial charge >= 0.3 is 0 Å². The van der Waals surface area contributed by atoms with Crippen molar-refractivity contribution in [2.45, 2.75) is 138 Å². The number of allylic oxidation sites excluding steroid dienone is 2. The number of fused-ring (bicyclic) bond motifs is 7. The molecule has 5 aliphatic carbocycles. The number of carbonyl (C=O) groups is 3. The van der Waals surface area contributed by atoms with Crippen LogP contribution in [0.15, 0.2) is 11.6 Å². The molecule has 0 radical (unpaired) electrons. The second kappa shape index (κ2) is 11.0. The van der Waals surface area contributed by atoms with Crippen LogP contribution in [0.3, 0.4) is 0 Å². The summed E-state index contributed by atoms with van der Waals surface area (Å²) in [7, 11) is 0. The summed E-state index contributed by atoms with van der Waals surface area (Å²) in [6, 6.07) is 0. The van der Waals surface area contributed by atoms with Gasteiger partial charge in [0.2, 0.25) is 11.8 Å². The summed E-state index contributed by atoms with van der Waals surface area (Å²) in [5, 5.41) is 22.8. The van der Waals surface area contributed by atoms with Crippen molar-refractivity contribution in [2.24, 2.45) is 50.2 Å². The summed E-state index contributed by atoms with van der Waals surface area (Å²) in [5.74, 6) is 0.533. The van der Waals surface area contributed by atoms with Crippen LogP contribution in [0.2, 0.25) is 0 Å². The third kappa shape index (κ3) is 4.94. The molecule has 0 bridgehead atoms. The number of aliphatic hydroxyl groups is 1. The molecule has 43 heavy (non-hydrogen) atoms. The van der Waals surface area contributed by atoms with Crippen molar-refractivity contribution in [2.75, 3.05) is 6.54 Å². The molecule has 4 N–H and O–H groups in total. The van der Waals surface area contributed by atoms with Crippen LogP contribution in [0.5, 0.6) is 0 Å². The molecule has 2 amide bonds. The third-order valence-electron chi connectivity index (χ3n) is 14.6. The Labute approximate surface area is 259 Å². The normalized spacial score (nSPS) is 45.0. The predicted molar refractivity (Wildman–Crippen MR) is 167 cm³/mol. The molecule has 9 atom stereocenters. The molecular formula is C36H58N2O5. The van der Waals surface area contributed by atoms with E-state index in [4.69, 9.17) is 5.21 Å². The van der Waals surface area contributed by atoms with E-state index in [1.54, 1.807) is 5.48 Å². The number of unbranched alkanes of at least 4 members (excludes halogenated alkanes) is 2. The van der Waals surface area contributed by atoms with E-state index >= 15 is 0 Å². The second-order valence-corrected chi connectivity index (χ2v) is 17.2. The zero-order valence-corrected chi connectivity index (χ0v) is 27.9. The van der Waals surface area contributed by atoms with Gasteiger partial charge in [-0.2, -0.15) is 0 Å². The average Bonchev–Trinajstić information content (AvgIpc) is 2.94. The van der Waals surface area contributed by atoms with Crippen molar-refractivity contribution in [1.82, 2.24) is 10.8 Å². The van der Waals surface area contributed by atoms with Crippen LogP contribution in [-0.2, 0) is 14.4 Å². The lowest BCUT2D eigenvalue weighted by atomic mass is 9.33. The van der Waals surface area contributed by atoms with Crippen molar-refractivity contribution in [3.05, 3.63) is 11.6 Å². The Balaban J connectivity index is 1.38. The van der Waals surface area contributed by atoms with Gasteiger partial charge in [-0.3, -0.25) is 19.6 Å². The van der Waals surface area contributed by atoms with Gasteiger partial charge in [0.05, 0.1) is 6.10 Å². The fourth-order valence-corrected chi connectivity index (χ4v) is 11.4. The summed E-state index contributed by atoms with van der Waals surface area (Å²) in [6.07, 6.45) is 12.9. The Hall–Kier alpha value is -1.73. The first kappa shape index (κ1) is 32.7. The summed E-state index contributed by atoms with van der Waals surface area (Å²) in [5.41, 5.74) is 2.07. The van der Waals surface area contributed by atoms with Gasteiger partial charge in [-0.15, -0.1) is 0 Å². The molecule has 5 aliphatic rings. The first-order valence-corrected chi connectivity index (χ1v) is 17.1. The number of rotatable bonds is 7. The maximum atomic E-state index is 14.5. The quantitative estimate of drug-likeness (QED) is 0.151. The highest BCUT2D eigenvalue weighted by Crippen LogP contribution is 2.75. The summed E-state index contributed by atoms with van der Waals surface area (Å²) in [4.78, 5) is 39.4. The van der Waals surface area contributed by atoms with Gasteiger partial charge in [-0.25, -0.2) is 5.48 Å². The number of hydroxylamine groups is 1. The zero-order valence-electron chi connectivity index (χ0n) is 27.9. The van der Waals surface area contributed by atoms with E-state index in [0.29, 0.717) is 24.7 Å². The number of nitrogens with one attached hydrogen (secondary N) is 2. The number of hydrogen-bond donors (Lipinski definition) is 4. The minimum absolute atomic E-state index is 0.0367. The van der Waals surface area contributed by atoms with Crippen molar-refractivity contribution < 1.29 is 24.7 Å². The fourth-order valence-electron chi connectivity index (χ4n) is 11.4. The van der Waals surface area contributed by atoms with Gasteiger partial charge in [0, 0.05) is 24.3 Å². The van der Waals surface area contributed by atoms with Gasteiger partial charge in [0.25, 0.3) is 0 Å². The van der Waals surface area contributed by atoms with E-state index < -0.39 is 5.41 Å². The molecule has 7 nitrogen and oxygen atoms in total. The molecule has 7 heteroatoms. The topological polar surface area (TPSA) is 116 Å².